The van der Waals surface area contributed by atoms with Crippen LogP contribution in [0.1, 0.15) is 27.2 Å². The Labute approximate surface area is 108 Å². The van der Waals surface area contributed by atoms with Crippen molar-refractivity contribution in [2.45, 2.75) is 33.2 Å². The molecule has 1 aliphatic heterocycles. The fourth-order valence-electron chi connectivity index (χ4n) is 2.34. The van der Waals surface area contributed by atoms with Gasteiger partial charge in [0.15, 0.2) is 5.84 Å². The Hall–Kier alpha value is -1.30. The lowest BCUT2D eigenvalue weighted by Gasteiger charge is -2.39. The van der Waals surface area contributed by atoms with Crippen molar-refractivity contribution in [3.05, 3.63) is 0 Å². The van der Waals surface area contributed by atoms with Crippen molar-refractivity contribution in [3.63, 3.8) is 0 Å². The highest BCUT2D eigenvalue weighted by Gasteiger charge is 2.28. The van der Waals surface area contributed by atoms with Gasteiger partial charge in [-0.25, -0.2) is 0 Å². The lowest BCUT2D eigenvalue weighted by atomic mass is 10.1. The van der Waals surface area contributed by atoms with Gasteiger partial charge in [0.2, 0.25) is 5.91 Å². The molecule has 0 radical (unpaired) electrons. The second kappa shape index (κ2) is 6.58. The Morgan fingerprint density at radius 1 is 1.33 bits per heavy atom. The second-order valence-corrected chi connectivity index (χ2v) is 4.96. The summed E-state index contributed by atoms with van der Waals surface area (Å²) in [5.41, 5.74) is 5.68. The van der Waals surface area contributed by atoms with E-state index in [1.165, 1.54) is 0 Å². The number of nitrogens with two attached hydrogens (primary N) is 1. The molecule has 6 nitrogen and oxygen atoms in total. The van der Waals surface area contributed by atoms with Crippen LogP contribution in [0.5, 0.6) is 0 Å². The van der Waals surface area contributed by atoms with Crippen LogP contribution >= 0.6 is 0 Å². The number of carbonyl (C=O) groups excluding carboxylic acids is 1. The summed E-state index contributed by atoms with van der Waals surface area (Å²) in [6.45, 7) is 8.81. The van der Waals surface area contributed by atoms with Crippen LogP contribution in [0.2, 0.25) is 0 Å². The SMILES string of the molecule is CCC(C(N)=NO)N1CCN(C(=O)C(C)C)CC1. The van der Waals surface area contributed by atoms with Crippen LogP contribution in [0.15, 0.2) is 5.16 Å². The summed E-state index contributed by atoms with van der Waals surface area (Å²) in [6.07, 6.45) is 0.800. The van der Waals surface area contributed by atoms with Gasteiger partial charge in [0.05, 0.1) is 6.04 Å². The third-order valence-corrected chi connectivity index (χ3v) is 3.40. The lowest BCUT2D eigenvalue weighted by molar-refractivity contribution is -0.136. The maximum absolute atomic E-state index is 11.9. The molecule has 0 aliphatic carbocycles. The van der Waals surface area contributed by atoms with Crippen LogP contribution in [-0.4, -0.2) is 59.0 Å². The highest BCUT2D eigenvalue weighted by Crippen LogP contribution is 2.11. The molecule has 6 heteroatoms. The van der Waals surface area contributed by atoms with Crippen molar-refractivity contribution in [1.29, 1.82) is 0 Å². The molecule has 1 rings (SSSR count). The predicted molar refractivity (Wildman–Crippen MR) is 70.5 cm³/mol. The van der Waals surface area contributed by atoms with E-state index in [-0.39, 0.29) is 23.7 Å². The van der Waals surface area contributed by atoms with Gasteiger partial charge >= 0.3 is 0 Å². The average Bonchev–Trinajstić information content (AvgIpc) is 2.39. The number of rotatable bonds is 4. The van der Waals surface area contributed by atoms with Gasteiger partial charge in [0, 0.05) is 32.1 Å². The summed E-state index contributed by atoms with van der Waals surface area (Å²) in [7, 11) is 0. The van der Waals surface area contributed by atoms with Crippen LogP contribution in [0, 0.1) is 5.92 Å². The molecule has 0 spiro atoms. The largest absolute Gasteiger partial charge is 0.409 e. The summed E-state index contributed by atoms with van der Waals surface area (Å²) in [4.78, 5) is 15.9. The molecule has 0 saturated carbocycles. The molecule has 1 saturated heterocycles. The summed E-state index contributed by atoms with van der Waals surface area (Å²) in [5, 5.41) is 11.8. The third kappa shape index (κ3) is 3.35. The average molecular weight is 256 g/mol. The van der Waals surface area contributed by atoms with Crippen LogP contribution in [0.4, 0.5) is 0 Å². The summed E-state index contributed by atoms with van der Waals surface area (Å²) < 4.78 is 0. The van der Waals surface area contributed by atoms with E-state index in [9.17, 15) is 4.79 Å². The minimum Gasteiger partial charge on any atom is -0.409 e. The number of amidine groups is 1. The van der Waals surface area contributed by atoms with Gasteiger partial charge in [0.25, 0.3) is 0 Å². The first-order chi connectivity index (χ1) is 8.51. The summed E-state index contributed by atoms with van der Waals surface area (Å²) in [6, 6.07) is -0.0358. The van der Waals surface area contributed by atoms with Crippen molar-refractivity contribution in [2.75, 3.05) is 26.2 Å². The van der Waals surface area contributed by atoms with Crippen LogP contribution < -0.4 is 5.73 Å². The zero-order chi connectivity index (χ0) is 13.7. The number of nitrogens with zero attached hydrogens (tertiary/aromatic N) is 3. The van der Waals surface area contributed by atoms with E-state index in [0.29, 0.717) is 13.1 Å². The number of amides is 1. The van der Waals surface area contributed by atoms with Crippen molar-refractivity contribution in [3.8, 4) is 0 Å². The normalized spacial score (nSPS) is 20.2. The molecule has 1 amide bonds. The molecule has 104 valence electrons. The van der Waals surface area contributed by atoms with Crippen LogP contribution in [0.3, 0.4) is 0 Å². The summed E-state index contributed by atoms with van der Waals surface area (Å²) >= 11 is 0. The molecule has 0 aromatic heterocycles. The van der Waals surface area contributed by atoms with Crippen molar-refractivity contribution < 1.29 is 10.0 Å². The van der Waals surface area contributed by atoms with E-state index in [0.717, 1.165) is 19.5 Å². The second-order valence-electron chi connectivity index (χ2n) is 4.96. The number of piperazine rings is 1. The minimum atomic E-state index is -0.0358. The fraction of sp³-hybridized carbons (Fsp3) is 0.833. The van der Waals surface area contributed by atoms with Crippen molar-refractivity contribution in [1.82, 2.24) is 9.80 Å². The lowest BCUT2D eigenvalue weighted by Crippen LogP contribution is -2.55. The van der Waals surface area contributed by atoms with E-state index in [2.05, 4.69) is 10.1 Å². The molecular weight excluding hydrogens is 232 g/mol. The molecule has 1 heterocycles. The van der Waals surface area contributed by atoms with Crippen LogP contribution in [-0.2, 0) is 4.79 Å². The monoisotopic (exact) mass is 256 g/mol. The molecule has 1 fully saturated rings. The van der Waals surface area contributed by atoms with E-state index in [4.69, 9.17) is 10.9 Å². The van der Waals surface area contributed by atoms with Gasteiger partial charge < -0.3 is 15.8 Å². The van der Waals surface area contributed by atoms with Crippen LogP contribution in [0.25, 0.3) is 0 Å². The van der Waals surface area contributed by atoms with E-state index in [1.807, 2.05) is 25.7 Å². The molecule has 0 aromatic carbocycles. The van der Waals surface area contributed by atoms with Gasteiger partial charge in [-0.3, -0.25) is 9.69 Å². The maximum Gasteiger partial charge on any atom is 0.225 e. The summed E-state index contributed by atoms with van der Waals surface area (Å²) in [5.74, 6) is 0.496. The molecule has 1 atom stereocenters. The Bertz CT molecular complexity index is 309. The standard InChI is InChI=1S/C12H24N4O2/c1-4-10(11(13)14-18)15-5-7-16(8-6-15)12(17)9(2)3/h9-10,18H,4-8H2,1-3H3,(H2,13,14). The zero-order valence-electron chi connectivity index (χ0n) is 11.5. The number of oxime groups is 1. The first-order valence-electron chi connectivity index (χ1n) is 6.51. The van der Waals surface area contributed by atoms with Gasteiger partial charge in [-0.2, -0.15) is 0 Å². The molecule has 3 N–H and O–H groups in total. The van der Waals surface area contributed by atoms with E-state index < -0.39 is 0 Å². The van der Waals surface area contributed by atoms with Crippen molar-refractivity contribution in [2.24, 2.45) is 16.8 Å². The van der Waals surface area contributed by atoms with Gasteiger partial charge in [-0.1, -0.05) is 25.9 Å². The first-order valence-corrected chi connectivity index (χ1v) is 6.51. The minimum absolute atomic E-state index is 0.0358. The molecule has 18 heavy (non-hydrogen) atoms. The number of carbonyl (C=O) groups is 1. The molecule has 1 unspecified atom stereocenters. The first kappa shape index (κ1) is 14.8. The molecule has 0 bridgehead atoms. The smallest absolute Gasteiger partial charge is 0.225 e. The molecule has 1 aliphatic rings. The predicted octanol–water partition coefficient (Wildman–Crippen LogP) is 0.312. The number of hydrogen-bond acceptors (Lipinski definition) is 4. The highest BCUT2D eigenvalue weighted by molar-refractivity contribution is 5.85. The topological polar surface area (TPSA) is 82.2 Å². The fourth-order valence-corrected chi connectivity index (χ4v) is 2.34. The quantitative estimate of drug-likeness (QED) is 0.328. The Balaban J connectivity index is 2.55. The third-order valence-electron chi connectivity index (χ3n) is 3.40. The Morgan fingerprint density at radius 3 is 2.28 bits per heavy atom. The molecular formula is C12H24N4O2. The van der Waals surface area contributed by atoms with E-state index in [1.54, 1.807) is 0 Å². The maximum atomic E-state index is 11.9. The zero-order valence-corrected chi connectivity index (χ0v) is 11.5. The van der Waals surface area contributed by atoms with Gasteiger partial charge in [-0.05, 0) is 6.42 Å². The molecule has 0 aromatic rings. The van der Waals surface area contributed by atoms with Gasteiger partial charge in [0.1, 0.15) is 0 Å². The Kier molecular flexibility index (Phi) is 5.40. The number of hydrogen-bond donors (Lipinski definition) is 2. The highest BCUT2D eigenvalue weighted by atomic mass is 16.4. The van der Waals surface area contributed by atoms with Crippen molar-refractivity contribution >= 4 is 11.7 Å². The Morgan fingerprint density at radius 2 is 1.89 bits per heavy atom. The van der Waals surface area contributed by atoms with E-state index >= 15 is 0 Å². The van der Waals surface area contributed by atoms with Gasteiger partial charge in [-0.15, -0.1) is 0 Å².